The summed E-state index contributed by atoms with van der Waals surface area (Å²) in [6.07, 6.45) is 0. The Balaban J connectivity index is 1.55. The van der Waals surface area contributed by atoms with E-state index in [0.717, 1.165) is 28.1 Å². The van der Waals surface area contributed by atoms with E-state index in [0.29, 0.717) is 22.4 Å². The molecule has 0 aliphatic carbocycles. The number of carbonyl (C=O) groups is 1. The minimum Gasteiger partial charge on any atom is -0.441 e. The second-order valence-corrected chi connectivity index (χ2v) is 8.00. The van der Waals surface area contributed by atoms with Crippen molar-refractivity contribution in [2.24, 2.45) is 4.99 Å². The molecule has 158 valence electrons. The number of halogens is 1. The van der Waals surface area contributed by atoms with Crippen molar-refractivity contribution < 1.29 is 9.21 Å². The maximum Gasteiger partial charge on any atom is 0.249 e. The number of carbonyl (C=O) groups excluding carboxylic acids is 1. The van der Waals surface area contributed by atoms with Gasteiger partial charge in [0.05, 0.1) is 17.9 Å². The van der Waals surface area contributed by atoms with Gasteiger partial charge < -0.3 is 9.32 Å². The molecule has 0 N–H and O–H groups in total. The van der Waals surface area contributed by atoms with Crippen molar-refractivity contribution in [1.82, 2.24) is 4.98 Å². The van der Waals surface area contributed by atoms with Crippen LogP contribution in [0.1, 0.15) is 22.6 Å². The van der Waals surface area contributed by atoms with Crippen molar-refractivity contribution in [3.05, 3.63) is 106 Å². The first-order valence-electron chi connectivity index (χ1n) is 10.3. The summed E-state index contributed by atoms with van der Waals surface area (Å²) in [5.41, 5.74) is 4.87. The van der Waals surface area contributed by atoms with Crippen LogP contribution in [0.5, 0.6) is 0 Å². The van der Waals surface area contributed by atoms with Gasteiger partial charge in [0.1, 0.15) is 18.0 Å². The van der Waals surface area contributed by atoms with Gasteiger partial charge in [-0.25, -0.2) is 4.98 Å². The number of benzodiazepines with no additional fused rings is 1. The number of hydrogen-bond acceptors (Lipinski definition) is 4. The Morgan fingerprint density at radius 2 is 1.66 bits per heavy atom. The number of benzene rings is 3. The van der Waals surface area contributed by atoms with E-state index in [9.17, 15) is 4.79 Å². The zero-order chi connectivity index (χ0) is 22.1. The summed E-state index contributed by atoms with van der Waals surface area (Å²) in [7, 11) is 0. The van der Waals surface area contributed by atoms with E-state index >= 15 is 0 Å². The maximum absolute atomic E-state index is 13.2. The first-order chi connectivity index (χ1) is 15.6. The van der Waals surface area contributed by atoms with Crippen molar-refractivity contribution in [3.8, 4) is 11.5 Å². The van der Waals surface area contributed by atoms with E-state index < -0.39 is 0 Å². The van der Waals surface area contributed by atoms with E-state index in [-0.39, 0.29) is 19.0 Å². The number of hydrogen-bond donors (Lipinski definition) is 0. The number of rotatable bonds is 4. The summed E-state index contributed by atoms with van der Waals surface area (Å²) in [5.74, 6) is 1.11. The molecule has 0 bridgehead atoms. The number of fused-ring (bicyclic) bond motifs is 1. The fourth-order valence-corrected chi connectivity index (χ4v) is 4.00. The Kier molecular flexibility index (Phi) is 5.33. The standard InChI is InChI=1S/C26H20ClN3O2/c1-17-22(29-26(32-17)19-10-6-3-7-11-19)16-30-23-13-12-20(27)14-21(23)25(28-15-24(30)31)18-8-4-2-5-9-18/h2-14H,15-16H2,1H3. The average molecular weight is 442 g/mol. The first-order valence-corrected chi connectivity index (χ1v) is 10.7. The molecule has 5 nitrogen and oxygen atoms in total. The Morgan fingerprint density at radius 3 is 2.38 bits per heavy atom. The van der Waals surface area contributed by atoms with E-state index in [2.05, 4.69) is 9.98 Å². The van der Waals surface area contributed by atoms with Crippen LogP contribution >= 0.6 is 11.6 Å². The third-order valence-electron chi connectivity index (χ3n) is 5.45. The molecule has 4 aromatic rings. The van der Waals surface area contributed by atoms with Gasteiger partial charge in [0.25, 0.3) is 0 Å². The van der Waals surface area contributed by atoms with Crippen molar-refractivity contribution >= 4 is 28.9 Å². The molecular formula is C26H20ClN3O2. The molecule has 0 saturated carbocycles. The SMILES string of the molecule is Cc1oc(-c2ccccc2)nc1CN1C(=O)CN=C(c2ccccc2)c2cc(Cl)ccc21. The van der Waals surface area contributed by atoms with Crippen LogP contribution in [-0.2, 0) is 11.3 Å². The van der Waals surface area contributed by atoms with Gasteiger partial charge in [-0.2, -0.15) is 0 Å². The van der Waals surface area contributed by atoms with Gasteiger partial charge in [0.15, 0.2) is 0 Å². The molecule has 0 saturated heterocycles. The second-order valence-electron chi connectivity index (χ2n) is 7.56. The molecule has 5 rings (SSSR count). The Labute approximate surface area is 191 Å². The minimum absolute atomic E-state index is 0.0406. The number of aliphatic imine (C=N–C) groups is 1. The quantitative estimate of drug-likeness (QED) is 0.409. The highest BCUT2D eigenvalue weighted by Crippen LogP contribution is 2.31. The van der Waals surface area contributed by atoms with E-state index in [4.69, 9.17) is 16.0 Å². The van der Waals surface area contributed by atoms with Crippen LogP contribution in [0, 0.1) is 6.92 Å². The largest absolute Gasteiger partial charge is 0.441 e. The van der Waals surface area contributed by atoms with Gasteiger partial charge in [-0.05, 0) is 37.3 Å². The Bertz CT molecular complexity index is 1310. The number of oxazole rings is 1. The molecular weight excluding hydrogens is 422 g/mol. The lowest BCUT2D eigenvalue weighted by molar-refractivity contribution is -0.117. The van der Waals surface area contributed by atoms with Crippen molar-refractivity contribution in [2.45, 2.75) is 13.5 Å². The van der Waals surface area contributed by atoms with Gasteiger partial charge in [0, 0.05) is 21.7 Å². The minimum atomic E-state index is -0.108. The molecule has 1 aliphatic rings. The molecule has 1 aliphatic heterocycles. The van der Waals surface area contributed by atoms with Gasteiger partial charge >= 0.3 is 0 Å². The van der Waals surface area contributed by atoms with Crippen LogP contribution in [0.3, 0.4) is 0 Å². The summed E-state index contributed by atoms with van der Waals surface area (Å²) in [6, 6.07) is 25.1. The van der Waals surface area contributed by atoms with Crippen LogP contribution in [0.25, 0.3) is 11.5 Å². The number of nitrogens with zero attached hydrogens (tertiary/aromatic N) is 3. The van der Waals surface area contributed by atoms with Crippen molar-refractivity contribution in [2.75, 3.05) is 11.4 Å². The Hall–Kier alpha value is -3.70. The van der Waals surface area contributed by atoms with E-state index in [1.807, 2.05) is 79.7 Å². The first kappa shape index (κ1) is 20.2. The highest BCUT2D eigenvalue weighted by Gasteiger charge is 2.27. The normalized spacial score (nSPS) is 13.5. The zero-order valence-corrected chi connectivity index (χ0v) is 18.2. The molecule has 1 aromatic heterocycles. The molecule has 1 amide bonds. The third-order valence-corrected chi connectivity index (χ3v) is 5.68. The third kappa shape index (κ3) is 3.83. The topological polar surface area (TPSA) is 58.7 Å². The number of amides is 1. The van der Waals surface area contributed by atoms with Gasteiger partial charge in [-0.1, -0.05) is 60.1 Å². The number of aromatic nitrogens is 1. The van der Waals surface area contributed by atoms with Crippen LogP contribution in [-0.4, -0.2) is 23.1 Å². The van der Waals surface area contributed by atoms with Gasteiger partial charge in [-0.3, -0.25) is 9.79 Å². The fourth-order valence-electron chi connectivity index (χ4n) is 3.83. The van der Waals surface area contributed by atoms with Crippen LogP contribution in [0.15, 0.2) is 88.3 Å². The van der Waals surface area contributed by atoms with E-state index in [1.165, 1.54) is 0 Å². The van der Waals surface area contributed by atoms with Gasteiger partial charge in [0.2, 0.25) is 11.8 Å². The van der Waals surface area contributed by atoms with Crippen LogP contribution < -0.4 is 4.90 Å². The lowest BCUT2D eigenvalue weighted by Crippen LogP contribution is -2.32. The number of anilines is 1. The predicted molar refractivity (Wildman–Crippen MR) is 126 cm³/mol. The van der Waals surface area contributed by atoms with Crippen LogP contribution in [0.4, 0.5) is 5.69 Å². The van der Waals surface area contributed by atoms with Crippen molar-refractivity contribution in [3.63, 3.8) is 0 Å². The zero-order valence-electron chi connectivity index (χ0n) is 17.5. The molecule has 3 aromatic carbocycles. The van der Waals surface area contributed by atoms with Gasteiger partial charge in [-0.15, -0.1) is 0 Å². The summed E-state index contributed by atoms with van der Waals surface area (Å²) in [5, 5.41) is 0.589. The maximum atomic E-state index is 13.2. The molecule has 0 fully saturated rings. The smallest absolute Gasteiger partial charge is 0.249 e. The molecule has 0 spiro atoms. The van der Waals surface area contributed by atoms with Crippen molar-refractivity contribution in [1.29, 1.82) is 0 Å². The molecule has 0 atom stereocenters. The summed E-state index contributed by atoms with van der Waals surface area (Å²) >= 11 is 6.34. The second kappa shape index (κ2) is 8.44. The molecule has 6 heteroatoms. The molecule has 32 heavy (non-hydrogen) atoms. The monoisotopic (exact) mass is 441 g/mol. The van der Waals surface area contributed by atoms with Crippen LogP contribution in [0.2, 0.25) is 5.02 Å². The number of aryl methyl sites for hydroxylation is 1. The average Bonchev–Trinajstić information content (AvgIpc) is 3.13. The summed E-state index contributed by atoms with van der Waals surface area (Å²) < 4.78 is 5.91. The fraction of sp³-hybridized carbons (Fsp3) is 0.115. The molecule has 2 heterocycles. The molecule has 0 unspecified atom stereocenters. The predicted octanol–water partition coefficient (Wildman–Crippen LogP) is 5.69. The Morgan fingerprint density at radius 1 is 0.969 bits per heavy atom. The molecule has 0 radical (unpaired) electrons. The highest BCUT2D eigenvalue weighted by molar-refractivity contribution is 6.32. The highest BCUT2D eigenvalue weighted by atomic mass is 35.5. The lowest BCUT2D eigenvalue weighted by atomic mass is 10.00. The summed E-state index contributed by atoms with van der Waals surface area (Å²) in [4.78, 5) is 24.2. The lowest BCUT2D eigenvalue weighted by Gasteiger charge is -2.22. The summed E-state index contributed by atoms with van der Waals surface area (Å²) in [6.45, 7) is 2.19. The van der Waals surface area contributed by atoms with E-state index in [1.54, 1.807) is 11.0 Å².